The number of rotatable bonds is 3. The van der Waals surface area contributed by atoms with Gasteiger partial charge in [0.1, 0.15) is 5.58 Å². The highest BCUT2D eigenvalue weighted by Crippen LogP contribution is 2.54. The van der Waals surface area contributed by atoms with E-state index in [1.807, 2.05) is 34.0 Å². The van der Waals surface area contributed by atoms with Gasteiger partial charge >= 0.3 is 0 Å². The summed E-state index contributed by atoms with van der Waals surface area (Å²) in [6.45, 7) is 0. The minimum Gasteiger partial charge on any atom is -0.455 e. The van der Waals surface area contributed by atoms with E-state index in [-0.39, 0.29) is 0 Å². The van der Waals surface area contributed by atoms with E-state index in [1.54, 1.807) is 0 Å². The number of anilines is 3. The first-order chi connectivity index (χ1) is 23.3. The van der Waals surface area contributed by atoms with Crippen molar-refractivity contribution in [1.29, 1.82) is 0 Å². The Morgan fingerprint density at radius 1 is 0.383 bits per heavy atom. The van der Waals surface area contributed by atoms with E-state index in [2.05, 4.69) is 144 Å². The van der Waals surface area contributed by atoms with E-state index in [1.165, 1.54) is 77.6 Å². The van der Waals surface area contributed by atoms with Crippen LogP contribution in [0.3, 0.4) is 0 Å². The van der Waals surface area contributed by atoms with E-state index >= 15 is 0 Å². The molecule has 47 heavy (non-hydrogen) atoms. The van der Waals surface area contributed by atoms with Crippen LogP contribution in [0.5, 0.6) is 0 Å². The van der Waals surface area contributed by atoms with E-state index < -0.39 is 0 Å². The Bertz CT molecular complexity index is 2930. The fourth-order valence-corrected chi connectivity index (χ4v) is 11.0. The second-order valence-corrected chi connectivity index (χ2v) is 15.2. The number of hydrogen-bond donors (Lipinski definition) is 0. The molecule has 0 N–H and O–H groups in total. The first-order valence-corrected chi connectivity index (χ1v) is 18.1. The third-order valence-electron chi connectivity index (χ3n) is 9.46. The van der Waals surface area contributed by atoms with Crippen LogP contribution < -0.4 is 4.90 Å². The van der Waals surface area contributed by atoms with E-state index in [9.17, 15) is 0 Å². The molecule has 11 rings (SSSR count). The molecule has 0 radical (unpaired) electrons. The van der Waals surface area contributed by atoms with Crippen molar-refractivity contribution in [3.05, 3.63) is 140 Å². The number of thiophene rings is 3. The van der Waals surface area contributed by atoms with Crippen molar-refractivity contribution in [3.63, 3.8) is 0 Å². The van der Waals surface area contributed by atoms with Gasteiger partial charge in [0.2, 0.25) is 0 Å². The molecule has 11 aromatic rings. The predicted molar refractivity (Wildman–Crippen MR) is 207 cm³/mol. The smallest absolute Gasteiger partial charge is 0.153 e. The van der Waals surface area contributed by atoms with Crippen molar-refractivity contribution in [2.75, 3.05) is 4.90 Å². The molecule has 0 saturated heterocycles. The normalized spacial score (nSPS) is 12.3. The van der Waals surface area contributed by atoms with Gasteiger partial charge in [-0.2, -0.15) is 0 Å². The van der Waals surface area contributed by atoms with Crippen molar-refractivity contribution < 1.29 is 4.42 Å². The topological polar surface area (TPSA) is 16.4 Å². The number of benzene rings is 7. The van der Waals surface area contributed by atoms with Crippen LogP contribution in [0.2, 0.25) is 0 Å². The van der Waals surface area contributed by atoms with Crippen LogP contribution in [-0.4, -0.2) is 0 Å². The molecule has 0 unspecified atom stereocenters. The summed E-state index contributed by atoms with van der Waals surface area (Å²) in [5.41, 5.74) is 5.44. The van der Waals surface area contributed by atoms with Crippen molar-refractivity contribution in [1.82, 2.24) is 0 Å². The lowest BCUT2D eigenvalue weighted by Crippen LogP contribution is -2.10. The van der Waals surface area contributed by atoms with Crippen molar-refractivity contribution in [3.8, 4) is 0 Å². The van der Waals surface area contributed by atoms with Gasteiger partial charge in [0.25, 0.3) is 0 Å². The molecule has 0 aliphatic rings. The maximum Gasteiger partial charge on any atom is 0.153 e. The minimum absolute atomic E-state index is 0.920. The standard InChI is InChI=1S/C42H23NOS3/c1-5-19-34-24(11-1)30-23-33(38-29-14-4-8-22-37(29)47-42(38)39(30)44-34)43(31-17-9-15-27-25-12-2-6-20-35(25)45-40(27)31)32-18-10-16-28-26-13-3-7-21-36(26)46-41(28)32/h1-23H. The molecular formula is C42H23NOS3. The first kappa shape index (κ1) is 25.9. The maximum absolute atomic E-state index is 6.66. The van der Waals surface area contributed by atoms with Gasteiger partial charge in [-0.1, -0.05) is 97.1 Å². The van der Waals surface area contributed by atoms with Crippen molar-refractivity contribution >= 4 is 134 Å². The molecule has 0 fully saturated rings. The zero-order valence-corrected chi connectivity index (χ0v) is 27.3. The summed E-state index contributed by atoms with van der Waals surface area (Å²) in [6.07, 6.45) is 0. The molecule has 0 atom stereocenters. The zero-order valence-electron chi connectivity index (χ0n) is 24.9. The molecule has 0 amide bonds. The average molecular weight is 654 g/mol. The summed E-state index contributed by atoms with van der Waals surface area (Å²) < 4.78 is 14.3. The number of para-hydroxylation sites is 1. The molecular weight excluding hydrogens is 631 g/mol. The molecule has 0 aliphatic heterocycles. The highest BCUT2D eigenvalue weighted by atomic mass is 32.1. The van der Waals surface area contributed by atoms with E-state index in [4.69, 9.17) is 4.42 Å². The Morgan fingerprint density at radius 3 is 1.51 bits per heavy atom. The third-order valence-corrected chi connectivity index (χ3v) is 13.1. The van der Waals surface area contributed by atoms with E-state index in [0.717, 1.165) is 21.9 Å². The molecule has 0 bridgehead atoms. The Labute approximate surface area is 280 Å². The molecule has 5 heteroatoms. The Morgan fingerprint density at radius 2 is 0.872 bits per heavy atom. The maximum atomic E-state index is 6.66. The fourth-order valence-electron chi connectivity index (χ4n) is 7.43. The highest BCUT2D eigenvalue weighted by Gasteiger charge is 2.26. The van der Waals surface area contributed by atoms with Gasteiger partial charge in [-0.3, -0.25) is 0 Å². The number of furan rings is 1. The average Bonchev–Trinajstić information content (AvgIpc) is 3.89. The predicted octanol–water partition coefficient (Wildman–Crippen LogP) is 14.2. The van der Waals surface area contributed by atoms with Crippen molar-refractivity contribution in [2.45, 2.75) is 0 Å². The summed E-state index contributed by atoms with van der Waals surface area (Å²) in [4.78, 5) is 2.55. The fraction of sp³-hybridized carbons (Fsp3) is 0. The number of hydrogen-bond acceptors (Lipinski definition) is 5. The Kier molecular flexibility index (Phi) is 5.33. The molecule has 0 spiro atoms. The minimum atomic E-state index is 0.920. The lowest BCUT2D eigenvalue weighted by Gasteiger charge is -2.28. The molecule has 4 heterocycles. The Hall–Kier alpha value is -5.20. The molecule has 4 aromatic heterocycles. The van der Waals surface area contributed by atoms with Crippen LogP contribution in [0.25, 0.3) is 82.5 Å². The number of fused-ring (bicyclic) bond motifs is 13. The molecule has 2 nitrogen and oxygen atoms in total. The lowest BCUT2D eigenvalue weighted by molar-refractivity contribution is 0.673. The van der Waals surface area contributed by atoms with Crippen molar-refractivity contribution in [2.24, 2.45) is 0 Å². The summed E-state index contributed by atoms with van der Waals surface area (Å²) in [6, 6.07) is 50.8. The summed E-state index contributed by atoms with van der Waals surface area (Å²) in [5, 5.41) is 9.95. The highest BCUT2D eigenvalue weighted by molar-refractivity contribution is 7.27. The largest absolute Gasteiger partial charge is 0.455 e. The van der Waals surface area contributed by atoms with Crippen LogP contribution in [0, 0.1) is 0 Å². The van der Waals surface area contributed by atoms with Gasteiger partial charge in [0, 0.05) is 57.2 Å². The quantitative estimate of drug-likeness (QED) is 0.189. The second kappa shape index (κ2) is 9.66. The van der Waals surface area contributed by atoms with Gasteiger partial charge < -0.3 is 9.32 Å². The van der Waals surface area contributed by atoms with Crippen LogP contribution in [0.15, 0.2) is 144 Å². The van der Waals surface area contributed by atoms with Crippen LogP contribution >= 0.6 is 34.0 Å². The van der Waals surface area contributed by atoms with Gasteiger partial charge in [0.05, 0.1) is 31.2 Å². The SMILES string of the molecule is c1ccc2c(c1)oc1c2cc(N(c2cccc3c2sc2ccccc23)c2cccc3c2sc2ccccc23)c2c3ccccc3sc12. The summed E-state index contributed by atoms with van der Waals surface area (Å²) in [7, 11) is 0. The molecule has 7 aromatic carbocycles. The van der Waals surface area contributed by atoms with Crippen LogP contribution in [0.4, 0.5) is 17.1 Å². The van der Waals surface area contributed by atoms with E-state index in [0.29, 0.717) is 0 Å². The molecule has 0 saturated carbocycles. The second-order valence-electron chi connectivity index (χ2n) is 12.0. The number of nitrogens with zero attached hydrogens (tertiary/aromatic N) is 1. The molecule has 220 valence electrons. The third kappa shape index (κ3) is 3.59. The van der Waals surface area contributed by atoms with Gasteiger partial charge in [0.15, 0.2) is 5.58 Å². The van der Waals surface area contributed by atoms with Gasteiger partial charge in [-0.25, -0.2) is 0 Å². The monoisotopic (exact) mass is 653 g/mol. The lowest BCUT2D eigenvalue weighted by atomic mass is 10.0. The summed E-state index contributed by atoms with van der Waals surface area (Å²) >= 11 is 5.59. The van der Waals surface area contributed by atoms with Crippen LogP contribution in [-0.2, 0) is 0 Å². The van der Waals surface area contributed by atoms with Crippen LogP contribution in [0.1, 0.15) is 0 Å². The van der Waals surface area contributed by atoms with Gasteiger partial charge in [-0.05, 0) is 42.5 Å². The summed E-state index contributed by atoms with van der Waals surface area (Å²) in [5.74, 6) is 0. The Balaban J connectivity index is 1.36. The van der Waals surface area contributed by atoms with Gasteiger partial charge in [-0.15, -0.1) is 34.0 Å². The first-order valence-electron chi connectivity index (χ1n) is 15.7. The molecule has 0 aliphatic carbocycles. The zero-order chi connectivity index (χ0) is 30.6.